The minimum absolute atomic E-state index is 0.530. The maximum absolute atomic E-state index is 5.20. The lowest BCUT2D eigenvalue weighted by Crippen LogP contribution is -2.46. The Morgan fingerprint density at radius 1 is 1.54 bits per heavy atom. The van der Waals surface area contributed by atoms with Crippen LogP contribution in [-0.4, -0.2) is 11.2 Å². The van der Waals surface area contributed by atoms with Gasteiger partial charge in [0.25, 0.3) is 0 Å². The molecule has 0 aromatic heterocycles. The summed E-state index contributed by atoms with van der Waals surface area (Å²) in [5.74, 6) is 6.07. The van der Waals surface area contributed by atoms with Gasteiger partial charge in [0.2, 0.25) is 0 Å². The molecule has 1 aliphatic carbocycles. The summed E-state index contributed by atoms with van der Waals surface area (Å²) < 4.78 is 0. The van der Waals surface area contributed by atoms with Gasteiger partial charge in [0.15, 0.2) is 5.11 Å². The molecule has 0 aliphatic heterocycles. The van der Waals surface area contributed by atoms with E-state index in [-0.39, 0.29) is 0 Å². The Morgan fingerprint density at radius 3 is 2.92 bits per heavy atom. The van der Waals surface area contributed by atoms with Crippen LogP contribution in [0.15, 0.2) is 0 Å². The molecule has 0 heterocycles. The van der Waals surface area contributed by atoms with Crippen molar-refractivity contribution in [1.82, 2.24) is 10.7 Å². The van der Waals surface area contributed by atoms with E-state index in [0.29, 0.717) is 11.2 Å². The van der Waals surface area contributed by atoms with Gasteiger partial charge in [0.05, 0.1) is 0 Å². The van der Waals surface area contributed by atoms with Gasteiger partial charge in [-0.05, 0) is 31.0 Å². The predicted octanol–water partition coefficient (Wildman–Crippen LogP) is 1.29. The van der Waals surface area contributed by atoms with Gasteiger partial charge in [0, 0.05) is 6.04 Å². The Labute approximate surface area is 85.4 Å². The second kappa shape index (κ2) is 5.40. The van der Waals surface area contributed by atoms with Crippen LogP contribution in [-0.2, 0) is 0 Å². The Hall–Kier alpha value is -0.350. The third-order valence-electron chi connectivity index (χ3n) is 2.83. The summed E-state index contributed by atoms with van der Waals surface area (Å²) in [5.41, 5.74) is 2.47. The first-order valence-corrected chi connectivity index (χ1v) is 5.44. The first kappa shape index (κ1) is 10.7. The molecule has 13 heavy (non-hydrogen) atoms. The van der Waals surface area contributed by atoms with E-state index in [2.05, 4.69) is 17.7 Å². The SMILES string of the molecule is CCC1CCCC(NC(=S)NN)C1. The van der Waals surface area contributed by atoms with Crippen LogP contribution >= 0.6 is 12.2 Å². The summed E-state index contributed by atoms with van der Waals surface area (Å²) in [5, 5.41) is 3.80. The molecule has 4 heteroatoms. The summed E-state index contributed by atoms with van der Waals surface area (Å²) in [6.45, 7) is 2.26. The van der Waals surface area contributed by atoms with Crippen LogP contribution < -0.4 is 16.6 Å². The van der Waals surface area contributed by atoms with Crippen molar-refractivity contribution in [2.24, 2.45) is 11.8 Å². The number of nitrogens with two attached hydrogens (primary N) is 1. The van der Waals surface area contributed by atoms with Crippen molar-refractivity contribution in [3.63, 3.8) is 0 Å². The lowest BCUT2D eigenvalue weighted by molar-refractivity contribution is 0.299. The van der Waals surface area contributed by atoms with Crippen LogP contribution in [0.2, 0.25) is 0 Å². The first-order chi connectivity index (χ1) is 6.26. The molecule has 4 N–H and O–H groups in total. The van der Waals surface area contributed by atoms with Crippen molar-refractivity contribution in [2.75, 3.05) is 0 Å². The van der Waals surface area contributed by atoms with Crippen molar-refractivity contribution in [1.29, 1.82) is 0 Å². The highest BCUT2D eigenvalue weighted by molar-refractivity contribution is 7.80. The van der Waals surface area contributed by atoms with Gasteiger partial charge in [-0.3, -0.25) is 0 Å². The molecule has 0 spiro atoms. The largest absolute Gasteiger partial charge is 0.359 e. The molecule has 0 aromatic rings. The molecule has 0 bridgehead atoms. The summed E-state index contributed by atoms with van der Waals surface area (Å²) in [6.07, 6.45) is 6.42. The first-order valence-electron chi connectivity index (χ1n) is 5.03. The average molecular weight is 201 g/mol. The molecule has 2 atom stereocenters. The van der Waals surface area contributed by atoms with E-state index in [1.165, 1.54) is 32.1 Å². The normalized spacial score (nSPS) is 28.2. The number of thiocarbonyl (C=S) groups is 1. The standard InChI is InChI=1S/C9H19N3S/c1-2-7-4-3-5-8(6-7)11-9(13)12-10/h7-8H,2-6,10H2,1H3,(H2,11,12,13). The fraction of sp³-hybridized carbons (Fsp3) is 0.889. The van der Waals surface area contributed by atoms with Gasteiger partial charge in [-0.2, -0.15) is 0 Å². The summed E-state index contributed by atoms with van der Waals surface area (Å²) in [4.78, 5) is 0. The van der Waals surface area contributed by atoms with E-state index in [1.807, 2.05) is 0 Å². The summed E-state index contributed by atoms with van der Waals surface area (Å²) in [6, 6.07) is 0.530. The number of hydrazine groups is 1. The molecule has 1 saturated carbocycles. The number of rotatable bonds is 2. The molecule has 2 unspecified atom stereocenters. The quantitative estimate of drug-likeness (QED) is 0.358. The highest BCUT2D eigenvalue weighted by Crippen LogP contribution is 2.26. The highest BCUT2D eigenvalue weighted by Gasteiger charge is 2.20. The lowest BCUT2D eigenvalue weighted by Gasteiger charge is -2.29. The minimum atomic E-state index is 0.530. The molecule has 0 saturated heterocycles. The van der Waals surface area contributed by atoms with Crippen LogP contribution in [0.5, 0.6) is 0 Å². The molecule has 0 amide bonds. The number of nitrogens with one attached hydrogen (secondary N) is 2. The predicted molar refractivity (Wildman–Crippen MR) is 59.1 cm³/mol. The number of hydrogen-bond acceptors (Lipinski definition) is 2. The van der Waals surface area contributed by atoms with Crippen molar-refractivity contribution < 1.29 is 0 Å². The molecular formula is C9H19N3S. The maximum atomic E-state index is 5.20. The van der Waals surface area contributed by atoms with E-state index < -0.39 is 0 Å². The molecule has 0 aromatic carbocycles. The Morgan fingerprint density at radius 2 is 2.31 bits per heavy atom. The summed E-state index contributed by atoms with van der Waals surface area (Å²) in [7, 11) is 0. The van der Waals surface area contributed by atoms with E-state index in [9.17, 15) is 0 Å². The van der Waals surface area contributed by atoms with Crippen molar-refractivity contribution in [3.05, 3.63) is 0 Å². The molecule has 76 valence electrons. The highest BCUT2D eigenvalue weighted by atomic mass is 32.1. The van der Waals surface area contributed by atoms with Gasteiger partial charge in [0.1, 0.15) is 0 Å². The maximum Gasteiger partial charge on any atom is 0.180 e. The zero-order valence-corrected chi connectivity index (χ0v) is 8.99. The van der Waals surface area contributed by atoms with Gasteiger partial charge in [-0.15, -0.1) is 0 Å². The molecule has 1 rings (SSSR count). The van der Waals surface area contributed by atoms with Gasteiger partial charge in [-0.1, -0.05) is 26.2 Å². The van der Waals surface area contributed by atoms with E-state index in [1.54, 1.807) is 0 Å². The Bertz CT molecular complexity index is 172. The molecule has 3 nitrogen and oxygen atoms in total. The van der Waals surface area contributed by atoms with Crippen LogP contribution in [0.3, 0.4) is 0 Å². The van der Waals surface area contributed by atoms with Crippen LogP contribution in [0.1, 0.15) is 39.0 Å². The third-order valence-corrected chi connectivity index (χ3v) is 3.06. The zero-order valence-electron chi connectivity index (χ0n) is 8.18. The fourth-order valence-corrected chi connectivity index (χ4v) is 2.19. The second-order valence-electron chi connectivity index (χ2n) is 3.76. The summed E-state index contributed by atoms with van der Waals surface area (Å²) >= 11 is 4.96. The van der Waals surface area contributed by atoms with Gasteiger partial charge >= 0.3 is 0 Å². The molecular weight excluding hydrogens is 182 g/mol. The molecule has 1 fully saturated rings. The second-order valence-corrected chi connectivity index (χ2v) is 4.16. The van der Waals surface area contributed by atoms with E-state index in [4.69, 9.17) is 18.1 Å². The number of hydrogen-bond donors (Lipinski definition) is 3. The topological polar surface area (TPSA) is 50.1 Å². The van der Waals surface area contributed by atoms with Crippen molar-refractivity contribution in [2.45, 2.75) is 45.1 Å². The van der Waals surface area contributed by atoms with Crippen LogP contribution in [0.25, 0.3) is 0 Å². The Balaban J connectivity index is 2.29. The van der Waals surface area contributed by atoms with Crippen LogP contribution in [0, 0.1) is 5.92 Å². The van der Waals surface area contributed by atoms with Gasteiger partial charge < -0.3 is 10.7 Å². The van der Waals surface area contributed by atoms with E-state index >= 15 is 0 Å². The van der Waals surface area contributed by atoms with Gasteiger partial charge in [-0.25, -0.2) is 5.84 Å². The fourth-order valence-electron chi connectivity index (χ4n) is 2.02. The van der Waals surface area contributed by atoms with E-state index in [0.717, 1.165) is 5.92 Å². The average Bonchev–Trinajstić information content (AvgIpc) is 2.18. The van der Waals surface area contributed by atoms with Crippen molar-refractivity contribution in [3.8, 4) is 0 Å². The smallest absolute Gasteiger partial charge is 0.180 e. The third kappa shape index (κ3) is 3.48. The monoisotopic (exact) mass is 201 g/mol. The van der Waals surface area contributed by atoms with Crippen molar-refractivity contribution >= 4 is 17.3 Å². The zero-order chi connectivity index (χ0) is 9.68. The Kier molecular flexibility index (Phi) is 4.45. The minimum Gasteiger partial charge on any atom is -0.359 e. The molecule has 0 radical (unpaired) electrons. The van der Waals surface area contributed by atoms with Crippen LogP contribution in [0.4, 0.5) is 0 Å². The lowest BCUT2D eigenvalue weighted by atomic mass is 9.84. The molecule has 1 aliphatic rings.